The van der Waals surface area contributed by atoms with E-state index in [9.17, 15) is 4.79 Å². The van der Waals surface area contributed by atoms with Crippen LogP contribution in [0.2, 0.25) is 0 Å². The van der Waals surface area contributed by atoms with E-state index in [0.29, 0.717) is 6.61 Å². The maximum Gasteiger partial charge on any atom is 0.323 e. The minimum Gasteiger partial charge on any atom is -0.460 e. The molecular weight excluding hydrogens is 246 g/mol. The molecule has 0 aliphatic carbocycles. The van der Waals surface area contributed by atoms with Gasteiger partial charge in [0.1, 0.15) is 12.6 Å². The Labute approximate surface area is 112 Å². The van der Waals surface area contributed by atoms with Crippen LogP contribution < -0.4 is 5.32 Å². The zero-order valence-electron chi connectivity index (χ0n) is 10.6. The molecule has 0 bridgehead atoms. The molecule has 2 rings (SSSR count). The molecule has 1 fully saturated rings. The van der Waals surface area contributed by atoms with E-state index in [1.165, 1.54) is 4.90 Å². The highest BCUT2D eigenvalue weighted by molar-refractivity contribution is 7.99. The van der Waals surface area contributed by atoms with Crippen molar-refractivity contribution in [2.45, 2.75) is 37.3 Å². The van der Waals surface area contributed by atoms with E-state index in [2.05, 4.69) is 24.4 Å². The molecule has 3 nitrogen and oxygen atoms in total. The van der Waals surface area contributed by atoms with Gasteiger partial charge in [-0.15, -0.1) is 11.8 Å². The molecule has 0 saturated carbocycles. The van der Waals surface area contributed by atoms with E-state index in [1.54, 1.807) is 0 Å². The van der Waals surface area contributed by atoms with Gasteiger partial charge in [0.15, 0.2) is 0 Å². The maximum atomic E-state index is 11.7. The van der Waals surface area contributed by atoms with E-state index in [4.69, 9.17) is 4.74 Å². The fraction of sp³-hybridized carbons (Fsp3) is 0.500. The molecule has 1 atom stereocenters. The molecule has 1 aliphatic rings. The number of benzene rings is 1. The van der Waals surface area contributed by atoms with Crippen LogP contribution in [0.1, 0.15) is 25.3 Å². The number of ether oxygens (including phenoxy) is 1. The third-order valence-corrected chi connectivity index (χ3v) is 3.85. The largest absolute Gasteiger partial charge is 0.460 e. The monoisotopic (exact) mass is 265 g/mol. The smallest absolute Gasteiger partial charge is 0.323 e. The van der Waals surface area contributed by atoms with Gasteiger partial charge in [-0.1, -0.05) is 19.1 Å². The fourth-order valence-electron chi connectivity index (χ4n) is 1.99. The highest BCUT2D eigenvalue weighted by Crippen LogP contribution is 2.18. The molecule has 0 amide bonds. The molecular formula is C14H19NO2S. The first-order valence-electron chi connectivity index (χ1n) is 6.41. The first-order valence-corrected chi connectivity index (χ1v) is 7.40. The van der Waals surface area contributed by atoms with Crippen molar-refractivity contribution >= 4 is 17.7 Å². The molecule has 1 saturated heterocycles. The number of hydrogen-bond donors (Lipinski definition) is 1. The lowest BCUT2D eigenvalue weighted by molar-refractivity contribution is -0.147. The Kier molecular flexibility index (Phi) is 5.08. The van der Waals surface area contributed by atoms with Gasteiger partial charge in [0.05, 0.1) is 0 Å². The molecule has 18 heavy (non-hydrogen) atoms. The minimum absolute atomic E-state index is 0.0973. The molecule has 1 aromatic carbocycles. The average Bonchev–Trinajstić information content (AvgIpc) is 2.92. The van der Waals surface area contributed by atoms with Gasteiger partial charge in [0.25, 0.3) is 0 Å². The van der Waals surface area contributed by atoms with Gasteiger partial charge in [0, 0.05) is 4.90 Å². The third-order valence-electron chi connectivity index (χ3n) is 2.96. The van der Waals surface area contributed by atoms with E-state index < -0.39 is 0 Å². The quantitative estimate of drug-likeness (QED) is 0.656. The summed E-state index contributed by atoms with van der Waals surface area (Å²) >= 11 is 1.81. The average molecular weight is 265 g/mol. The fourth-order valence-corrected chi connectivity index (χ4v) is 2.65. The molecule has 0 radical (unpaired) electrons. The van der Waals surface area contributed by atoms with Gasteiger partial charge in [-0.25, -0.2) is 0 Å². The highest BCUT2D eigenvalue weighted by atomic mass is 32.2. The number of carbonyl (C=O) groups is 1. The maximum absolute atomic E-state index is 11.7. The predicted octanol–water partition coefficient (Wildman–Crippen LogP) is 2.59. The lowest BCUT2D eigenvalue weighted by Crippen LogP contribution is -2.32. The van der Waals surface area contributed by atoms with Gasteiger partial charge in [0.2, 0.25) is 0 Å². The van der Waals surface area contributed by atoms with Crippen molar-refractivity contribution in [3.8, 4) is 0 Å². The Hall–Kier alpha value is -1.00. The van der Waals surface area contributed by atoms with Crippen molar-refractivity contribution in [3.05, 3.63) is 29.8 Å². The van der Waals surface area contributed by atoms with Crippen molar-refractivity contribution in [1.82, 2.24) is 5.32 Å². The van der Waals surface area contributed by atoms with E-state index >= 15 is 0 Å². The van der Waals surface area contributed by atoms with Crippen LogP contribution in [0.3, 0.4) is 0 Å². The molecule has 1 N–H and O–H groups in total. The molecule has 0 aromatic heterocycles. The van der Waals surface area contributed by atoms with Gasteiger partial charge in [-0.3, -0.25) is 4.79 Å². The molecule has 1 aliphatic heterocycles. The van der Waals surface area contributed by atoms with Crippen LogP contribution in [0.5, 0.6) is 0 Å². The lowest BCUT2D eigenvalue weighted by atomic mass is 10.2. The summed E-state index contributed by atoms with van der Waals surface area (Å²) in [5, 5.41) is 3.14. The topological polar surface area (TPSA) is 38.3 Å². The summed E-state index contributed by atoms with van der Waals surface area (Å²) in [7, 11) is 0. The van der Waals surface area contributed by atoms with Crippen molar-refractivity contribution < 1.29 is 9.53 Å². The minimum atomic E-state index is -0.125. The second kappa shape index (κ2) is 6.81. The van der Waals surface area contributed by atoms with E-state index in [0.717, 1.165) is 30.7 Å². The van der Waals surface area contributed by atoms with Crippen molar-refractivity contribution in [2.24, 2.45) is 0 Å². The Morgan fingerprint density at radius 2 is 2.22 bits per heavy atom. The molecule has 0 spiro atoms. The summed E-state index contributed by atoms with van der Waals surface area (Å²) in [6.07, 6.45) is 1.95. The molecule has 4 heteroatoms. The van der Waals surface area contributed by atoms with Gasteiger partial charge in [-0.2, -0.15) is 0 Å². The van der Waals surface area contributed by atoms with Crippen LogP contribution in [-0.2, 0) is 16.1 Å². The molecule has 98 valence electrons. The first kappa shape index (κ1) is 13.4. The van der Waals surface area contributed by atoms with E-state index in [-0.39, 0.29) is 12.0 Å². The van der Waals surface area contributed by atoms with Crippen LogP contribution >= 0.6 is 11.8 Å². The van der Waals surface area contributed by atoms with Crippen molar-refractivity contribution in [3.63, 3.8) is 0 Å². The summed E-state index contributed by atoms with van der Waals surface area (Å²) in [5.41, 5.74) is 1.04. The normalized spacial score (nSPS) is 18.8. The zero-order valence-corrected chi connectivity index (χ0v) is 11.5. The number of nitrogens with one attached hydrogen (secondary N) is 1. The molecule has 1 heterocycles. The lowest BCUT2D eigenvalue weighted by Gasteiger charge is -2.10. The number of thioether (sulfide) groups is 1. The van der Waals surface area contributed by atoms with Gasteiger partial charge < -0.3 is 10.1 Å². The predicted molar refractivity (Wildman–Crippen MR) is 73.7 cm³/mol. The summed E-state index contributed by atoms with van der Waals surface area (Å²) in [6.45, 7) is 3.42. The SMILES string of the molecule is CCSc1ccc(COC(=O)C2CCCN2)cc1. The van der Waals surface area contributed by atoms with Gasteiger partial charge in [-0.05, 0) is 42.8 Å². The third kappa shape index (κ3) is 3.75. The van der Waals surface area contributed by atoms with Crippen LogP contribution in [0.15, 0.2) is 29.2 Å². The van der Waals surface area contributed by atoms with Crippen LogP contribution in [0.4, 0.5) is 0 Å². The second-order valence-corrected chi connectivity index (χ2v) is 5.67. The van der Waals surface area contributed by atoms with Crippen LogP contribution in [0, 0.1) is 0 Å². The van der Waals surface area contributed by atoms with Crippen molar-refractivity contribution in [1.29, 1.82) is 0 Å². The van der Waals surface area contributed by atoms with Gasteiger partial charge >= 0.3 is 5.97 Å². The zero-order chi connectivity index (χ0) is 12.8. The Balaban J connectivity index is 1.80. The summed E-state index contributed by atoms with van der Waals surface area (Å²) in [6, 6.07) is 8.09. The Morgan fingerprint density at radius 1 is 1.44 bits per heavy atom. The standard InChI is InChI=1S/C14H19NO2S/c1-2-18-12-7-5-11(6-8-12)10-17-14(16)13-4-3-9-15-13/h5-8,13,15H,2-4,9-10H2,1H3. The number of rotatable bonds is 5. The van der Waals surface area contributed by atoms with E-state index in [1.807, 2.05) is 23.9 Å². The number of hydrogen-bond acceptors (Lipinski definition) is 4. The Morgan fingerprint density at radius 3 is 2.83 bits per heavy atom. The Bertz CT molecular complexity index is 385. The number of esters is 1. The second-order valence-electron chi connectivity index (χ2n) is 4.33. The molecule has 1 aromatic rings. The highest BCUT2D eigenvalue weighted by Gasteiger charge is 2.23. The molecule has 1 unspecified atom stereocenters. The first-order chi connectivity index (χ1) is 8.79. The summed E-state index contributed by atoms with van der Waals surface area (Å²) < 4.78 is 5.30. The van der Waals surface area contributed by atoms with Crippen LogP contribution in [0.25, 0.3) is 0 Å². The number of carbonyl (C=O) groups excluding carboxylic acids is 1. The van der Waals surface area contributed by atoms with Crippen LogP contribution in [-0.4, -0.2) is 24.3 Å². The summed E-state index contributed by atoms with van der Waals surface area (Å²) in [5.74, 6) is 0.946. The van der Waals surface area contributed by atoms with Crippen molar-refractivity contribution in [2.75, 3.05) is 12.3 Å². The summed E-state index contributed by atoms with van der Waals surface area (Å²) in [4.78, 5) is 13.0.